The molecule has 0 bridgehead atoms. The second-order valence-electron chi connectivity index (χ2n) is 4.35. The van der Waals surface area contributed by atoms with Crippen LogP contribution in [0, 0.1) is 5.82 Å². The molecule has 0 aliphatic rings. The van der Waals surface area contributed by atoms with Crippen molar-refractivity contribution in [2.45, 2.75) is 25.4 Å². The number of carbonyl (C=O) groups excluding carboxylic acids is 1. The fraction of sp³-hybridized carbons (Fsp3) is 0.462. The number of hydrogen-bond donors (Lipinski definition) is 2. The number of benzene rings is 1. The van der Waals surface area contributed by atoms with Gasteiger partial charge in [-0.25, -0.2) is 4.39 Å². The summed E-state index contributed by atoms with van der Waals surface area (Å²) in [6.45, 7) is 1.96. The van der Waals surface area contributed by atoms with Gasteiger partial charge in [-0.3, -0.25) is 10.1 Å². The highest BCUT2D eigenvalue weighted by molar-refractivity contribution is 9.10. The molecule has 19 heavy (non-hydrogen) atoms. The van der Waals surface area contributed by atoms with Crippen LogP contribution < -0.4 is 11.1 Å². The Kier molecular flexibility index (Phi) is 6.82. The molecule has 0 fully saturated rings. The minimum absolute atomic E-state index is 0.0907. The Bertz CT molecular complexity index is 445. The third-order valence-electron chi connectivity index (χ3n) is 2.76. The van der Waals surface area contributed by atoms with Crippen LogP contribution in [0.5, 0.6) is 0 Å². The van der Waals surface area contributed by atoms with Gasteiger partial charge in [-0.2, -0.15) is 11.8 Å². The number of primary amides is 1. The van der Waals surface area contributed by atoms with E-state index in [0.29, 0.717) is 4.47 Å². The molecule has 6 heteroatoms. The molecule has 1 rings (SSSR count). The average Bonchev–Trinajstić information content (AvgIpc) is 2.34. The molecule has 0 aromatic heterocycles. The van der Waals surface area contributed by atoms with Gasteiger partial charge in [0.2, 0.25) is 5.91 Å². The second-order valence-corrected chi connectivity index (χ2v) is 6.25. The van der Waals surface area contributed by atoms with Crippen molar-refractivity contribution in [1.29, 1.82) is 0 Å². The molecule has 0 radical (unpaired) electrons. The van der Waals surface area contributed by atoms with Gasteiger partial charge in [0, 0.05) is 16.1 Å². The van der Waals surface area contributed by atoms with Crippen LogP contribution in [0.25, 0.3) is 0 Å². The summed E-state index contributed by atoms with van der Waals surface area (Å²) in [6, 6.07) is 3.89. The first kappa shape index (κ1) is 16.5. The third-order valence-corrected chi connectivity index (χ3v) is 3.90. The molecular formula is C13H18BrFN2OS. The van der Waals surface area contributed by atoms with E-state index in [0.717, 1.165) is 12.2 Å². The van der Waals surface area contributed by atoms with E-state index in [1.807, 2.05) is 13.2 Å². The monoisotopic (exact) mass is 348 g/mol. The molecule has 1 amide bonds. The lowest BCUT2D eigenvalue weighted by atomic mass is 10.0. The minimum Gasteiger partial charge on any atom is -0.368 e. The molecule has 0 spiro atoms. The fourth-order valence-corrected chi connectivity index (χ4v) is 2.65. The summed E-state index contributed by atoms with van der Waals surface area (Å²) in [7, 11) is 0. The zero-order valence-corrected chi connectivity index (χ0v) is 13.4. The van der Waals surface area contributed by atoms with Gasteiger partial charge >= 0.3 is 0 Å². The normalized spacial score (nSPS) is 14.1. The summed E-state index contributed by atoms with van der Waals surface area (Å²) in [4.78, 5) is 11.5. The molecule has 2 atom stereocenters. The van der Waals surface area contributed by atoms with Crippen LogP contribution in [0.15, 0.2) is 22.7 Å². The van der Waals surface area contributed by atoms with Gasteiger partial charge in [0.25, 0.3) is 0 Å². The Labute approximate surface area is 125 Å². The number of carbonyl (C=O) groups is 1. The van der Waals surface area contributed by atoms with Crippen molar-refractivity contribution in [2.24, 2.45) is 5.73 Å². The van der Waals surface area contributed by atoms with Crippen LogP contribution in [-0.2, 0) is 4.79 Å². The van der Waals surface area contributed by atoms with E-state index in [9.17, 15) is 9.18 Å². The van der Waals surface area contributed by atoms with Crippen LogP contribution >= 0.6 is 27.7 Å². The highest BCUT2D eigenvalue weighted by Crippen LogP contribution is 2.22. The van der Waals surface area contributed by atoms with Crippen molar-refractivity contribution >= 4 is 33.6 Å². The van der Waals surface area contributed by atoms with E-state index in [4.69, 9.17) is 5.73 Å². The van der Waals surface area contributed by atoms with E-state index < -0.39 is 17.8 Å². The van der Waals surface area contributed by atoms with Gasteiger partial charge in [-0.1, -0.05) is 22.0 Å². The van der Waals surface area contributed by atoms with E-state index in [1.54, 1.807) is 23.9 Å². The zero-order chi connectivity index (χ0) is 14.4. The van der Waals surface area contributed by atoms with Crippen molar-refractivity contribution in [2.75, 3.05) is 12.0 Å². The Balaban J connectivity index is 2.85. The molecule has 3 nitrogen and oxygen atoms in total. The van der Waals surface area contributed by atoms with Crippen LogP contribution in [0.1, 0.15) is 24.9 Å². The number of halogens is 2. The first-order valence-electron chi connectivity index (χ1n) is 5.95. The molecular weight excluding hydrogens is 331 g/mol. The summed E-state index contributed by atoms with van der Waals surface area (Å²) < 4.78 is 14.5. The average molecular weight is 349 g/mol. The number of nitrogens with two attached hydrogens (primary N) is 1. The van der Waals surface area contributed by atoms with Crippen molar-refractivity contribution < 1.29 is 9.18 Å². The maximum atomic E-state index is 13.9. The van der Waals surface area contributed by atoms with Gasteiger partial charge in [0.1, 0.15) is 11.9 Å². The molecule has 0 aliphatic carbocycles. The smallest absolute Gasteiger partial charge is 0.239 e. The number of nitrogens with one attached hydrogen (secondary N) is 1. The van der Waals surface area contributed by atoms with Crippen molar-refractivity contribution in [3.05, 3.63) is 34.1 Å². The zero-order valence-electron chi connectivity index (χ0n) is 11.0. The summed E-state index contributed by atoms with van der Waals surface area (Å²) in [6.07, 6.45) is 2.91. The quantitative estimate of drug-likeness (QED) is 0.796. The van der Waals surface area contributed by atoms with E-state index in [1.165, 1.54) is 6.07 Å². The summed E-state index contributed by atoms with van der Waals surface area (Å²) in [5.74, 6) is -0.0392. The molecule has 0 saturated carbocycles. The largest absolute Gasteiger partial charge is 0.368 e. The Morgan fingerprint density at radius 1 is 1.58 bits per heavy atom. The van der Waals surface area contributed by atoms with Crippen LogP contribution in [-0.4, -0.2) is 24.0 Å². The SMILES string of the molecule is CSCC[C@H](C)N[C@H](C(N)=O)c1ccc(Br)cc1F. The summed E-state index contributed by atoms with van der Waals surface area (Å²) >= 11 is 4.92. The molecule has 3 N–H and O–H groups in total. The standard InChI is InChI=1S/C13H18BrFN2OS/c1-8(5-6-19-2)17-12(13(16)18)10-4-3-9(14)7-11(10)15/h3-4,7-8,12,17H,5-6H2,1-2H3,(H2,16,18)/t8-,12-/m0/s1. The first-order valence-corrected chi connectivity index (χ1v) is 8.13. The minimum atomic E-state index is -0.801. The lowest BCUT2D eigenvalue weighted by Gasteiger charge is -2.21. The van der Waals surface area contributed by atoms with E-state index in [-0.39, 0.29) is 11.6 Å². The Hall–Kier alpha value is -0.590. The highest BCUT2D eigenvalue weighted by atomic mass is 79.9. The fourth-order valence-electron chi connectivity index (χ4n) is 1.72. The van der Waals surface area contributed by atoms with Crippen LogP contribution in [0.4, 0.5) is 4.39 Å². The van der Waals surface area contributed by atoms with Gasteiger partial charge in [0.15, 0.2) is 0 Å². The van der Waals surface area contributed by atoms with E-state index in [2.05, 4.69) is 21.2 Å². The lowest BCUT2D eigenvalue weighted by molar-refractivity contribution is -0.120. The molecule has 1 aromatic rings. The van der Waals surface area contributed by atoms with Gasteiger partial charge < -0.3 is 5.73 Å². The predicted molar refractivity (Wildman–Crippen MR) is 81.6 cm³/mol. The van der Waals surface area contributed by atoms with Gasteiger partial charge in [0.05, 0.1) is 0 Å². The first-order chi connectivity index (χ1) is 8.95. The maximum Gasteiger partial charge on any atom is 0.239 e. The summed E-state index contributed by atoms with van der Waals surface area (Å²) in [5.41, 5.74) is 5.65. The maximum absolute atomic E-state index is 13.9. The van der Waals surface area contributed by atoms with Gasteiger partial charge in [-0.05, 0) is 37.5 Å². The molecule has 0 aliphatic heterocycles. The molecule has 106 valence electrons. The number of amides is 1. The topological polar surface area (TPSA) is 55.1 Å². The Morgan fingerprint density at radius 3 is 2.79 bits per heavy atom. The number of hydrogen-bond acceptors (Lipinski definition) is 3. The predicted octanol–water partition coefficient (Wildman–Crippen LogP) is 2.85. The number of rotatable bonds is 7. The summed E-state index contributed by atoms with van der Waals surface area (Å²) in [5, 5.41) is 3.08. The van der Waals surface area contributed by atoms with Crippen LogP contribution in [0.2, 0.25) is 0 Å². The molecule has 0 saturated heterocycles. The van der Waals surface area contributed by atoms with Gasteiger partial charge in [-0.15, -0.1) is 0 Å². The second kappa shape index (κ2) is 7.87. The van der Waals surface area contributed by atoms with Crippen molar-refractivity contribution in [3.8, 4) is 0 Å². The lowest BCUT2D eigenvalue weighted by Crippen LogP contribution is -2.39. The van der Waals surface area contributed by atoms with E-state index >= 15 is 0 Å². The highest BCUT2D eigenvalue weighted by Gasteiger charge is 2.22. The van der Waals surface area contributed by atoms with Crippen LogP contribution in [0.3, 0.4) is 0 Å². The molecule has 0 unspecified atom stereocenters. The molecule has 0 heterocycles. The van der Waals surface area contributed by atoms with Crippen molar-refractivity contribution in [3.63, 3.8) is 0 Å². The molecule has 1 aromatic carbocycles. The Morgan fingerprint density at radius 2 is 2.26 bits per heavy atom. The van der Waals surface area contributed by atoms with Crippen molar-refractivity contribution in [1.82, 2.24) is 5.32 Å². The third kappa shape index (κ3) is 5.12. The number of thioether (sulfide) groups is 1.